The number of anilines is 1. The largest absolute Gasteiger partial charge is 0.494 e. The Morgan fingerprint density at radius 2 is 1.82 bits per heavy atom. The molecule has 3 aromatic rings. The molecule has 1 aromatic heterocycles. The number of rotatable bonds is 7. The van der Waals surface area contributed by atoms with Crippen LogP contribution in [0.3, 0.4) is 0 Å². The maximum atomic E-state index is 14.0. The number of carbonyl (C=O) groups excluding carboxylic acids is 1. The minimum Gasteiger partial charge on any atom is -0.494 e. The topological polar surface area (TPSA) is 69.0 Å². The van der Waals surface area contributed by atoms with E-state index < -0.39 is 0 Å². The Balaban J connectivity index is 1.57. The highest BCUT2D eigenvalue weighted by Gasteiger charge is 2.38. The van der Waals surface area contributed by atoms with E-state index in [9.17, 15) is 14.3 Å². The molecule has 0 bridgehead atoms. The Hall–Kier alpha value is -3.78. The third kappa shape index (κ3) is 5.08. The summed E-state index contributed by atoms with van der Waals surface area (Å²) in [5.74, 6) is 0.0309. The van der Waals surface area contributed by atoms with Crippen LogP contribution in [0.4, 0.5) is 10.1 Å². The number of para-hydroxylation sites is 1. The van der Waals surface area contributed by atoms with Gasteiger partial charge >= 0.3 is 0 Å². The summed E-state index contributed by atoms with van der Waals surface area (Å²) in [7, 11) is 0. The van der Waals surface area contributed by atoms with Gasteiger partial charge in [-0.1, -0.05) is 64.6 Å². The van der Waals surface area contributed by atoms with Crippen LogP contribution in [0.2, 0.25) is 0 Å². The number of thiazole rings is 1. The van der Waals surface area contributed by atoms with Crippen molar-refractivity contribution in [1.29, 1.82) is 0 Å². The van der Waals surface area contributed by atoms with Gasteiger partial charge in [0.25, 0.3) is 5.91 Å². The molecule has 3 heterocycles. The molecule has 208 valence electrons. The van der Waals surface area contributed by atoms with Crippen molar-refractivity contribution < 1.29 is 14.3 Å². The number of hydrogen-bond donors (Lipinski definition) is 1. The first-order chi connectivity index (χ1) is 19.2. The van der Waals surface area contributed by atoms with Gasteiger partial charge in [-0.05, 0) is 48.1 Å². The van der Waals surface area contributed by atoms with Gasteiger partial charge < -0.3 is 10.0 Å². The highest BCUT2D eigenvalue weighted by molar-refractivity contribution is 7.10. The number of aryl methyl sites for hydroxylation is 2. The molecule has 1 fully saturated rings. The standard InChI is InChI=1S/C32H35FN4O2S/c1-6-21-9-8-10-22(7-2)28(21)37-29(26-18-40-30(35-26)19(3)4)34-20(5)27(32(37)39)31(38)36-16-15-24(17-36)23-11-13-25(33)14-12-23/h8-14,18-19,24,39H,5-7,15-17H2,1-4H3. The molecule has 5 rings (SSSR count). The number of benzene rings is 2. The van der Waals surface area contributed by atoms with Gasteiger partial charge in [-0.15, -0.1) is 11.3 Å². The summed E-state index contributed by atoms with van der Waals surface area (Å²) in [5, 5.41) is 14.9. The molecule has 0 aliphatic carbocycles. The van der Waals surface area contributed by atoms with E-state index in [1.54, 1.807) is 33.3 Å². The number of amidine groups is 1. The van der Waals surface area contributed by atoms with Crippen LogP contribution in [0.25, 0.3) is 0 Å². The molecule has 1 saturated heterocycles. The van der Waals surface area contributed by atoms with E-state index in [0.29, 0.717) is 24.6 Å². The lowest BCUT2D eigenvalue weighted by Crippen LogP contribution is -2.40. The Morgan fingerprint density at radius 1 is 1.15 bits per heavy atom. The van der Waals surface area contributed by atoms with E-state index >= 15 is 0 Å². The molecule has 2 aliphatic rings. The average molecular weight is 559 g/mol. The van der Waals surface area contributed by atoms with Crippen molar-refractivity contribution in [1.82, 2.24) is 9.88 Å². The molecule has 0 radical (unpaired) electrons. The van der Waals surface area contributed by atoms with Gasteiger partial charge in [-0.25, -0.2) is 14.4 Å². The summed E-state index contributed by atoms with van der Waals surface area (Å²) >= 11 is 1.55. The van der Waals surface area contributed by atoms with Crippen molar-refractivity contribution >= 4 is 28.8 Å². The van der Waals surface area contributed by atoms with Crippen LogP contribution in [0.15, 0.2) is 76.6 Å². The van der Waals surface area contributed by atoms with Crippen LogP contribution in [0.1, 0.15) is 73.3 Å². The number of aromatic nitrogens is 1. The zero-order chi connectivity index (χ0) is 28.6. The number of halogens is 1. The second-order valence-corrected chi connectivity index (χ2v) is 11.5. The first kappa shape index (κ1) is 27.8. The summed E-state index contributed by atoms with van der Waals surface area (Å²) < 4.78 is 13.5. The monoisotopic (exact) mass is 558 g/mol. The summed E-state index contributed by atoms with van der Waals surface area (Å²) in [5.41, 5.74) is 4.84. The van der Waals surface area contributed by atoms with Crippen molar-refractivity contribution in [2.24, 2.45) is 4.99 Å². The van der Waals surface area contributed by atoms with E-state index in [2.05, 4.69) is 34.3 Å². The van der Waals surface area contributed by atoms with Gasteiger partial charge in [0, 0.05) is 30.3 Å². The zero-order valence-corrected chi connectivity index (χ0v) is 24.3. The van der Waals surface area contributed by atoms with Crippen LogP contribution in [-0.2, 0) is 17.6 Å². The predicted octanol–water partition coefficient (Wildman–Crippen LogP) is 7.10. The smallest absolute Gasteiger partial charge is 0.261 e. The van der Waals surface area contributed by atoms with Gasteiger partial charge in [-0.3, -0.25) is 9.69 Å². The van der Waals surface area contributed by atoms with Crippen LogP contribution in [0, 0.1) is 5.82 Å². The number of aliphatic hydroxyl groups is 1. The summed E-state index contributed by atoms with van der Waals surface area (Å²) in [6.07, 6.45) is 2.24. The first-order valence-corrected chi connectivity index (χ1v) is 14.7. The maximum Gasteiger partial charge on any atom is 0.261 e. The second-order valence-electron chi connectivity index (χ2n) is 10.6. The molecule has 2 aliphatic heterocycles. The molecule has 2 aromatic carbocycles. The molecule has 8 heteroatoms. The normalized spacial score (nSPS) is 17.7. The van der Waals surface area contributed by atoms with Crippen LogP contribution >= 0.6 is 11.3 Å². The Labute approximate surface area is 239 Å². The first-order valence-electron chi connectivity index (χ1n) is 13.9. The maximum absolute atomic E-state index is 14.0. The molecular formula is C32H35FN4O2S. The second kappa shape index (κ2) is 11.4. The Morgan fingerprint density at radius 3 is 2.42 bits per heavy atom. The molecule has 1 N–H and O–H groups in total. The number of amides is 1. The predicted molar refractivity (Wildman–Crippen MR) is 160 cm³/mol. The van der Waals surface area contributed by atoms with E-state index in [4.69, 9.17) is 9.98 Å². The van der Waals surface area contributed by atoms with Gasteiger partial charge in [0.05, 0.1) is 16.4 Å². The minimum atomic E-state index is -0.312. The third-order valence-corrected chi connectivity index (χ3v) is 8.79. The Bertz CT molecular complexity index is 1480. The van der Waals surface area contributed by atoms with Crippen molar-refractivity contribution in [3.63, 3.8) is 0 Å². The van der Waals surface area contributed by atoms with E-state index in [1.165, 1.54) is 12.1 Å². The van der Waals surface area contributed by atoms with Crippen molar-refractivity contribution in [2.45, 2.75) is 58.8 Å². The molecule has 1 unspecified atom stereocenters. The third-order valence-electron chi connectivity index (χ3n) is 7.64. The van der Waals surface area contributed by atoms with E-state index in [0.717, 1.165) is 46.6 Å². The lowest BCUT2D eigenvalue weighted by Gasteiger charge is -2.33. The lowest BCUT2D eigenvalue weighted by molar-refractivity contribution is -0.126. The molecule has 6 nitrogen and oxygen atoms in total. The number of aliphatic imine (C=N–C) groups is 1. The molecule has 0 saturated carbocycles. The van der Waals surface area contributed by atoms with Gasteiger partial charge in [0.2, 0.25) is 5.88 Å². The molecule has 1 amide bonds. The lowest BCUT2D eigenvalue weighted by atomic mass is 9.98. The molecule has 40 heavy (non-hydrogen) atoms. The summed E-state index contributed by atoms with van der Waals surface area (Å²) in [4.78, 5) is 27.1. The van der Waals surface area contributed by atoms with Crippen LogP contribution in [0.5, 0.6) is 0 Å². The van der Waals surface area contributed by atoms with Crippen molar-refractivity contribution in [3.05, 3.63) is 105 Å². The van der Waals surface area contributed by atoms with E-state index in [1.807, 2.05) is 23.6 Å². The molecule has 1 atom stereocenters. The highest BCUT2D eigenvalue weighted by atomic mass is 32.1. The fraction of sp³-hybridized carbons (Fsp3) is 0.344. The number of likely N-dealkylation sites (tertiary alicyclic amines) is 1. The SMILES string of the molecule is C=C1N=C(c2csc(C(C)C)n2)N(c2c(CC)cccc2CC)C(O)=C1C(=O)N1CCC(c2ccc(F)cc2)C1. The van der Waals surface area contributed by atoms with Crippen LogP contribution < -0.4 is 4.90 Å². The number of carbonyl (C=O) groups is 1. The average Bonchev–Trinajstić information content (AvgIpc) is 3.64. The van der Waals surface area contributed by atoms with Crippen molar-refractivity contribution in [2.75, 3.05) is 18.0 Å². The fourth-order valence-electron chi connectivity index (χ4n) is 5.45. The van der Waals surface area contributed by atoms with E-state index in [-0.39, 0.29) is 40.7 Å². The quantitative estimate of drug-likeness (QED) is 0.336. The number of nitrogens with zero attached hydrogens (tertiary/aromatic N) is 4. The minimum absolute atomic E-state index is 0.0933. The van der Waals surface area contributed by atoms with Gasteiger partial charge in [0.1, 0.15) is 17.1 Å². The summed E-state index contributed by atoms with van der Waals surface area (Å²) in [6, 6.07) is 12.5. The highest BCUT2D eigenvalue weighted by Crippen LogP contribution is 2.38. The fourth-order valence-corrected chi connectivity index (χ4v) is 6.26. The summed E-state index contributed by atoms with van der Waals surface area (Å²) in [6.45, 7) is 13.4. The van der Waals surface area contributed by atoms with Crippen molar-refractivity contribution in [3.8, 4) is 0 Å². The Kier molecular flexibility index (Phi) is 7.90. The van der Waals surface area contributed by atoms with Crippen LogP contribution in [-0.4, -0.2) is 39.8 Å². The number of hydrogen-bond acceptors (Lipinski definition) is 6. The zero-order valence-electron chi connectivity index (χ0n) is 23.4. The molecular weight excluding hydrogens is 523 g/mol. The van der Waals surface area contributed by atoms with Gasteiger partial charge in [0.15, 0.2) is 5.84 Å². The number of aliphatic hydroxyl groups excluding tert-OH is 1. The van der Waals surface area contributed by atoms with Gasteiger partial charge in [-0.2, -0.15) is 0 Å². The molecule has 0 spiro atoms.